The molecule has 0 heterocycles. The van der Waals surface area contributed by atoms with Crippen LogP contribution in [0.15, 0.2) is 97.2 Å². The summed E-state index contributed by atoms with van der Waals surface area (Å²) in [6.07, 6.45) is 70.9. The average Bonchev–Trinajstić information content (AvgIpc) is 3.43. The molecule has 0 amide bonds. The van der Waals surface area contributed by atoms with Gasteiger partial charge in [0.25, 0.3) is 0 Å². The SMILES string of the molecule is CC/C=C\C/C=C\C/C=C\C/C=C\C/C=C\C/C=C\CCC(=O)OCC(COP(=O)(O)OCC(CO)OC(=O)CCCCCCC/C=C\C/C=C\CCC)OC(=O)CCCCCCCCCCCCCCCCCCCCC. The van der Waals surface area contributed by atoms with Crippen LogP contribution in [0, 0.1) is 0 Å². The molecule has 0 aromatic heterocycles. The van der Waals surface area contributed by atoms with Gasteiger partial charge in [0, 0.05) is 19.3 Å². The molecule has 3 unspecified atom stereocenters. The van der Waals surface area contributed by atoms with Crippen LogP contribution in [0.2, 0.25) is 0 Å². The van der Waals surface area contributed by atoms with E-state index in [0.717, 1.165) is 109 Å². The first-order chi connectivity index (χ1) is 38.2. The number of esters is 3. The molecule has 0 aromatic rings. The number of phosphoric ester groups is 1. The molecule has 0 rings (SSSR count). The Labute approximate surface area is 476 Å². The van der Waals surface area contributed by atoms with Crippen LogP contribution in [-0.2, 0) is 42.2 Å². The van der Waals surface area contributed by atoms with Gasteiger partial charge in [0.1, 0.15) is 12.7 Å². The zero-order valence-electron chi connectivity index (χ0n) is 49.6. The number of hydrogen-bond donors (Lipinski definition) is 2. The number of aliphatic hydroxyl groups excluding tert-OH is 1. The lowest BCUT2D eigenvalue weighted by atomic mass is 10.0. The van der Waals surface area contributed by atoms with Gasteiger partial charge in [-0.2, -0.15) is 0 Å². The fourth-order valence-electron chi connectivity index (χ4n) is 8.30. The second kappa shape index (κ2) is 59.5. The van der Waals surface area contributed by atoms with Crippen LogP contribution >= 0.6 is 7.82 Å². The largest absolute Gasteiger partial charge is 0.472 e. The lowest BCUT2D eigenvalue weighted by Gasteiger charge is -2.21. The first-order valence-corrected chi connectivity index (χ1v) is 32.6. The highest BCUT2D eigenvalue weighted by Gasteiger charge is 2.28. The Kier molecular flexibility index (Phi) is 56.8. The Morgan fingerprint density at radius 2 is 0.718 bits per heavy atom. The number of aliphatic hydroxyl groups is 1. The van der Waals surface area contributed by atoms with Gasteiger partial charge in [0.2, 0.25) is 0 Å². The van der Waals surface area contributed by atoms with E-state index >= 15 is 0 Å². The number of unbranched alkanes of at least 4 members (excludes halogenated alkanes) is 24. The summed E-state index contributed by atoms with van der Waals surface area (Å²) in [5.41, 5.74) is 0. The van der Waals surface area contributed by atoms with Crippen molar-refractivity contribution in [1.29, 1.82) is 0 Å². The number of allylic oxidation sites excluding steroid dienone is 16. The van der Waals surface area contributed by atoms with E-state index in [-0.39, 0.29) is 25.9 Å². The summed E-state index contributed by atoms with van der Waals surface area (Å²) in [6.45, 7) is 4.39. The first-order valence-electron chi connectivity index (χ1n) is 31.1. The summed E-state index contributed by atoms with van der Waals surface area (Å²) in [5, 5.41) is 9.82. The highest BCUT2D eigenvalue weighted by Crippen LogP contribution is 2.43. The van der Waals surface area contributed by atoms with E-state index in [9.17, 15) is 28.9 Å². The standard InChI is InChI=1S/C66H113O11P/c1-4-7-10-13-16-19-22-25-27-29-31-33-35-38-40-43-46-49-52-55-64(68)73-59-63(77-66(70)57-54-51-48-45-42-39-36-34-32-30-28-26-23-20-17-14-11-8-5-2)61-75-78(71,72)74-60-62(58-67)76-65(69)56-53-50-47-44-41-37-24-21-18-15-12-9-6-3/h7,10,12,15-16,19,21,24-25,27,31,33,38,40,46,49,62-63,67H,4-6,8-9,11,13-14,17-18,20,22-23,26,28-30,32,34-37,39,41-45,47-48,50-61H2,1-3H3,(H,71,72)/b10-7-,15-12-,19-16-,24-21-,27-25-,33-31-,40-38-,49-46-. The lowest BCUT2D eigenvalue weighted by molar-refractivity contribution is -0.161. The normalized spacial score (nSPS) is 14.0. The predicted molar refractivity (Wildman–Crippen MR) is 325 cm³/mol. The number of hydrogen-bond acceptors (Lipinski definition) is 10. The molecule has 0 aromatic carbocycles. The van der Waals surface area contributed by atoms with Crippen LogP contribution in [0.3, 0.4) is 0 Å². The van der Waals surface area contributed by atoms with Crippen LogP contribution in [0.5, 0.6) is 0 Å². The molecule has 0 aliphatic carbocycles. The summed E-state index contributed by atoms with van der Waals surface area (Å²) < 4.78 is 39.5. The Balaban J connectivity index is 4.81. The van der Waals surface area contributed by atoms with Crippen molar-refractivity contribution in [3.8, 4) is 0 Å². The van der Waals surface area contributed by atoms with Crippen molar-refractivity contribution in [1.82, 2.24) is 0 Å². The van der Waals surface area contributed by atoms with Gasteiger partial charge in [-0.1, -0.05) is 259 Å². The Bertz CT molecular complexity index is 1680. The number of ether oxygens (including phenoxy) is 3. The third kappa shape index (κ3) is 57.1. The third-order valence-corrected chi connectivity index (χ3v) is 13.9. The topological polar surface area (TPSA) is 155 Å². The molecule has 0 radical (unpaired) electrons. The molecule has 0 bridgehead atoms. The van der Waals surface area contributed by atoms with Crippen molar-refractivity contribution in [3.05, 3.63) is 97.2 Å². The zero-order chi connectivity index (χ0) is 56.9. The third-order valence-electron chi connectivity index (χ3n) is 13.0. The van der Waals surface area contributed by atoms with Crippen molar-refractivity contribution >= 4 is 25.7 Å². The second-order valence-electron chi connectivity index (χ2n) is 20.5. The summed E-state index contributed by atoms with van der Waals surface area (Å²) in [4.78, 5) is 48.6. The molecule has 11 nitrogen and oxygen atoms in total. The first kappa shape index (κ1) is 74.4. The molecule has 3 atom stereocenters. The Morgan fingerprint density at radius 3 is 1.13 bits per heavy atom. The maximum atomic E-state index is 12.9. The van der Waals surface area contributed by atoms with E-state index in [4.69, 9.17) is 23.3 Å². The molecular formula is C66H113O11P. The highest BCUT2D eigenvalue weighted by molar-refractivity contribution is 7.47. The maximum absolute atomic E-state index is 12.9. The van der Waals surface area contributed by atoms with E-state index in [0.29, 0.717) is 19.3 Å². The van der Waals surface area contributed by atoms with Crippen LogP contribution in [0.4, 0.5) is 0 Å². The highest BCUT2D eigenvalue weighted by atomic mass is 31.2. The van der Waals surface area contributed by atoms with Crippen LogP contribution in [-0.4, -0.2) is 66.5 Å². The van der Waals surface area contributed by atoms with Gasteiger partial charge in [-0.05, 0) is 83.5 Å². The second-order valence-corrected chi connectivity index (χ2v) is 21.9. The minimum atomic E-state index is -4.77. The van der Waals surface area contributed by atoms with Gasteiger partial charge in [-0.25, -0.2) is 4.57 Å². The van der Waals surface area contributed by atoms with E-state index < -0.39 is 57.8 Å². The van der Waals surface area contributed by atoms with Gasteiger partial charge in [-0.15, -0.1) is 0 Å². The number of carbonyl (C=O) groups is 3. The van der Waals surface area contributed by atoms with Crippen LogP contribution < -0.4 is 0 Å². The van der Waals surface area contributed by atoms with Gasteiger partial charge >= 0.3 is 25.7 Å². The molecule has 0 aliphatic rings. The molecule has 448 valence electrons. The Morgan fingerprint density at radius 1 is 0.372 bits per heavy atom. The smallest absolute Gasteiger partial charge is 0.462 e. The molecule has 78 heavy (non-hydrogen) atoms. The van der Waals surface area contributed by atoms with Gasteiger partial charge in [-0.3, -0.25) is 23.4 Å². The summed E-state index contributed by atoms with van der Waals surface area (Å²) >= 11 is 0. The zero-order valence-corrected chi connectivity index (χ0v) is 50.5. The molecular weight excluding hydrogens is 1000 g/mol. The number of rotatable bonds is 57. The minimum Gasteiger partial charge on any atom is -0.462 e. The molecule has 0 fully saturated rings. The van der Waals surface area contributed by atoms with Crippen LogP contribution in [0.25, 0.3) is 0 Å². The monoisotopic (exact) mass is 1110 g/mol. The fraction of sp³-hybridized carbons (Fsp3) is 0.712. The number of phosphoric acid groups is 1. The van der Waals surface area contributed by atoms with Gasteiger partial charge < -0.3 is 24.2 Å². The van der Waals surface area contributed by atoms with E-state index in [2.05, 4.69) is 106 Å². The van der Waals surface area contributed by atoms with E-state index in [1.54, 1.807) is 0 Å². The molecule has 12 heteroatoms. The molecule has 2 N–H and O–H groups in total. The summed E-state index contributed by atoms with van der Waals surface area (Å²) in [7, 11) is -4.77. The van der Waals surface area contributed by atoms with Crippen molar-refractivity contribution < 1.29 is 52.2 Å². The van der Waals surface area contributed by atoms with Crippen molar-refractivity contribution in [3.63, 3.8) is 0 Å². The van der Waals surface area contributed by atoms with Crippen LogP contribution in [0.1, 0.15) is 265 Å². The average molecular weight is 1110 g/mol. The molecule has 0 saturated carbocycles. The lowest BCUT2D eigenvalue weighted by Crippen LogP contribution is -2.30. The summed E-state index contributed by atoms with van der Waals surface area (Å²) in [6, 6.07) is 0. The number of carbonyl (C=O) groups excluding carboxylic acids is 3. The fourth-order valence-corrected chi connectivity index (χ4v) is 9.09. The summed E-state index contributed by atoms with van der Waals surface area (Å²) in [5.74, 6) is -1.58. The maximum Gasteiger partial charge on any atom is 0.472 e. The van der Waals surface area contributed by atoms with Crippen molar-refractivity contribution in [2.75, 3.05) is 26.4 Å². The van der Waals surface area contributed by atoms with E-state index in [1.807, 2.05) is 12.2 Å². The predicted octanol–water partition coefficient (Wildman–Crippen LogP) is 18.8. The van der Waals surface area contributed by atoms with Crippen molar-refractivity contribution in [2.24, 2.45) is 0 Å². The minimum absolute atomic E-state index is 0.0986. The van der Waals surface area contributed by atoms with Gasteiger partial charge in [0.15, 0.2) is 6.10 Å². The molecule has 0 spiro atoms. The van der Waals surface area contributed by atoms with Crippen molar-refractivity contribution in [2.45, 2.75) is 277 Å². The van der Waals surface area contributed by atoms with E-state index in [1.165, 1.54) is 96.3 Å². The Hall–Kier alpha value is -3.60. The molecule has 0 saturated heterocycles. The quantitative estimate of drug-likeness (QED) is 0.0197. The van der Waals surface area contributed by atoms with Gasteiger partial charge in [0.05, 0.1) is 19.8 Å². The molecule has 0 aliphatic heterocycles.